The lowest BCUT2D eigenvalue weighted by Gasteiger charge is -2.17. The highest BCUT2D eigenvalue weighted by Crippen LogP contribution is 2.48. The van der Waals surface area contributed by atoms with Crippen LogP contribution in [0.3, 0.4) is 0 Å². The van der Waals surface area contributed by atoms with Crippen LogP contribution in [0.25, 0.3) is 0 Å². The van der Waals surface area contributed by atoms with Crippen molar-refractivity contribution < 1.29 is 0 Å². The van der Waals surface area contributed by atoms with Crippen molar-refractivity contribution in [2.75, 3.05) is 13.1 Å². The Morgan fingerprint density at radius 2 is 1.79 bits per heavy atom. The van der Waals surface area contributed by atoms with Gasteiger partial charge in [-0.1, -0.05) is 0 Å². The zero-order chi connectivity index (χ0) is 9.97. The lowest BCUT2D eigenvalue weighted by Crippen LogP contribution is -2.38. The second-order valence-electron chi connectivity index (χ2n) is 4.58. The zero-order valence-corrected chi connectivity index (χ0v) is 9.70. The van der Waals surface area contributed by atoms with E-state index in [0.29, 0.717) is 0 Å². The molecule has 2 nitrogen and oxygen atoms in total. The molecule has 3 heteroatoms. The lowest BCUT2D eigenvalue weighted by molar-refractivity contribution is 0.401. The Kier molecular flexibility index (Phi) is 3.26. The minimum atomic E-state index is 0.832. The maximum atomic E-state index is 5.16. The molecule has 0 amide bonds. The summed E-state index contributed by atoms with van der Waals surface area (Å²) in [7, 11) is 0. The summed E-state index contributed by atoms with van der Waals surface area (Å²) in [6.07, 6.45) is 5.82. The van der Waals surface area contributed by atoms with Gasteiger partial charge in [-0.2, -0.15) is 0 Å². The predicted octanol–water partition coefficient (Wildman–Crippen LogP) is 1.91. The van der Waals surface area contributed by atoms with Gasteiger partial charge in [0.1, 0.15) is 0 Å². The fourth-order valence-electron chi connectivity index (χ4n) is 2.20. The number of nitrogens with one attached hydrogen (secondary N) is 2. The fraction of sp³-hybridized carbons (Fsp3) is 0.909. The third-order valence-corrected chi connectivity index (χ3v) is 3.58. The minimum Gasteiger partial charge on any atom is -0.363 e. The first-order chi connectivity index (χ1) is 6.81. The van der Waals surface area contributed by atoms with Crippen molar-refractivity contribution >= 4 is 17.3 Å². The van der Waals surface area contributed by atoms with Crippen LogP contribution in [-0.4, -0.2) is 18.2 Å². The van der Waals surface area contributed by atoms with Crippen LogP contribution in [0, 0.1) is 17.8 Å². The lowest BCUT2D eigenvalue weighted by atomic mass is 9.98. The van der Waals surface area contributed by atoms with Gasteiger partial charge >= 0.3 is 0 Å². The molecule has 0 spiro atoms. The average molecular weight is 212 g/mol. The van der Waals surface area contributed by atoms with Gasteiger partial charge in [0.2, 0.25) is 0 Å². The van der Waals surface area contributed by atoms with Gasteiger partial charge in [-0.15, -0.1) is 0 Å². The fourth-order valence-corrected chi connectivity index (χ4v) is 2.43. The van der Waals surface area contributed by atoms with E-state index in [1.807, 2.05) is 0 Å². The number of thiocarbonyl (C=S) groups is 1. The monoisotopic (exact) mass is 212 g/mol. The smallest absolute Gasteiger partial charge is 0.166 e. The van der Waals surface area contributed by atoms with Crippen LogP contribution in [0.1, 0.15) is 32.6 Å². The third kappa shape index (κ3) is 2.84. The molecule has 0 heterocycles. The Labute approximate surface area is 91.8 Å². The van der Waals surface area contributed by atoms with Crippen LogP contribution in [0.2, 0.25) is 0 Å². The van der Waals surface area contributed by atoms with Crippen molar-refractivity contribution in [3.63, 3.8) is 0 Å². The van der Waals surface area contributed by atoms with Crippen molar-refractivity contribution in [2.45, 2.75) is 32.6 Å². The number of rotatable bonds is 5. The molecular formula is C11H20N2S. The Hall–Kier alpha value is -0.310. The molecule has 0 radical (unpaired) electrons. The Bertz CT molecular complexity index is 197. The topological polar surface area (TPSA) is 24.1 Å². The summed E-state index contributed by atoms with van der Waals surface area (Å²) in [6, 6.07) is 0. The summed E-state index contributed by atoms with van der Waals surface area (Å²) in [6.45, 7) is 4.10. The standard InChI is InChI=1S/C11H20N2S/c1-2-12-11(14)13-7-10(8-3-4-8)9-5-6-9/h8-10H,2-7H2,1H3,(H2,12,13,14). The molecule has 2 saturated carbocycles. The first kappa shape index (κ1) is 10.2. The van der Waals surface area contributed by atoms with Gasteiger partial charge < -0.3 is 10.6 Å². The van der Waals surface area contributed by atoms with Gasteiger partial charge in [-0.25, -0.2) is 0 Å². The molecule has 0 aromatic heterocycles. The second kappa shape index (κ2) is 4.47. The van der Waals surface area contributed by atoms with Crippen LogP contribution >= 0.6 is 12.2 Å². The Morgan fingerprint density at radius 3 is 2.21 bits per heavy atom. The summed E-state index contributed by atoms with van der Waals surface area (Å²) in [4.78, 5) is 0. The van der Waals surface area contributed by atoms with Crippen molar-refractivity contribution in [1.82, 2.24) is 10.6 Å². The first-order valence-corrected chi connectivity index (χ1v) is 6.23. The summed E-state index contributed by atoms with van der Waals surface area (Å²) in [5, 5.41) is 7.32. The highest BCUT2D eigenvalue weighted by Gasteiger charge is 2.40. The molecule has 0 bridgehead atoms. The molecule has 2 N–H and O–H groups in total. The molecule has 2 fully saturated rings. The molecule has 0 aromatic carbocycles. The summed E-state index contributed by atoms with van der Waals surface area (Å²) in [5.74, 6) is 2.94. The van der Waals surface area contributed by atoms with Crippen molar-refractivity contribution in [1.29, 1.82) is 0 Å². The molecule has 2 aliphatic carbocycles. The van der Waals surface area contributed by atoms with Crippen LogP contribution in [0.4, 0.5) is 0 Å². The van der Waals surface area contributed by atoms with Crippen LogP contribution in [-0.2, 0) is 0 Å². The third-order valence-electron chi connectivity index (χ3n) is 3.29. The van der Waals surface area contributed by atoms with E-state index in [4.69, 9.17) is 12.2 Å². The maximum Gasteiger partial charge on any atom is 0.166 e. The largest absolute Gasteiger partial charge is 0.363 e. The molecule has 80 valence electrons. The van der Waals surface area contributed by atoms with E-state index in [0.717, 1.165) is 36.0 Å². The first-order valence-electron chi connectivity index (χ1n) is 5.83. The van der Waals surface area contributed by atoms with Crippen LogP contribution < -0.4 is 10.6 Å². The highest BCUT2D eigenvalue weighted by atomic mass is 32.1. The summed E-state index contributed by atoms with van der Waals surface area (Å²) >= 11 is 5.16. The SMILES string of the molecule is CCNC(=S)NCC(C1CC1)C1CC1. The van der Waals surface area contributed by atoms with Gasteiger partial charge in [0.15, 0.2) is 5.11 Å². The van der Waals surface area contributed by atoms with Gasteiger partial charge in [0.25, 0.3) is 0 Å². The summed E-state index contributed by atoms with van der Waals surface area (Å²) < 4.78 is 0. The minimum absolute atomic E-state index is 0.832. The van der Waals surface area contributed by atoms with E-state index in [9.17, 15) is 0 Å². The maximum absolute atomic E-state index is 5.16. The predicted molar refractivity (Wildman–Crippen MR) is 63.2 cm³/mol. The van der Waals surface area contributed by atoms with Crippen molar-refractivity contribution in [3.8, 4) is 0 Å². The number of hydrogen-bond donors (Lipinski definition) is 2. The molecule has 0 atom stereocenters. The second-order valence-corrected chi connectivity index (χ2v) is 4.99. The van der Waals surface area contributed by atoms with E-state index in [1.54, 1.807) is 0 Å². The highest BCUT2D eigenvalue weighted by molar-refractivity contribution is 7.80. The molecule has 0 saturated heterocycles. The van der Waals surface area contributed by atoms with Crippen molar-refractivity contribution in [3.05, 3.63) is 0 Å². The van der Waals surface area contributed by atoms with Gasteiger partial charge in [-0.05, 0) is 62.6 Å². The normalized spacial score (nSPS) is 21.0. The molecular weight excluding hydrogens is 192 g/mol. The quantitative estimate of drug-likeness (QED) is 0.681. The van der Waals surface area contributed by atoms with Gasteiger partial charge in [0.05, 0.1) is 0 Å². The molecule has 14 heavy (non-hydrogen) atoms. The van der Waals surface area contributed by atoms with Crippen LogP contribution in [0.15, 0.2) is 0 Å². The Morgan fingerprint density at radius 1 is 1.21 bits per heavy atom. The van der Waals surface area contributed by atoms with E-state index >= 15 is 0 Å². The average Bonchev–Trinajstić information content (AvgIpc) is 3.01. The molecule has 2 aliphatic rings. The van der Waals surface area contributed by atoms with E-state index in [1.165, 1.54) is 25.7 Å². The van der Waals surface area contributed by atoms with Crippen LogP contribution in [0.5, 0.6) is 0 Å². The zero-order valence-electron chi connectivity index (χ0n) is 8.88. The molecule has 0 unspecified atom stereocenters. The van der Waals surface area contributed by atoms with E-state index in [2.05, 4.69) is 17.6 Å². The van der Waals surface area contributed by atoms with Crippen molar-refractivity contribution in [2.24, 2.45) is 17.8 Å². The molecule has 0 aromatic rings. The summed E-state index contributed by atoms with van der Waals surface area (Å²) in [5.41, 5.74) is 0. The van der Waals surface area contributed by atoms with Gasteiger partial charge in [0, 0.05) is 13.1 Å². The van der Waals surface area contributed by atoms with E-state index < -0.39 is 0 Å². The number of hydrogen-bond acceptors (Lipinski definition) is 1. The molecule has 0 aliphatic heterocycles. The van der Waals surface area contributed by atoms with Gasteiger partial charge in [-0.3, -0.25) is 0 Å². The Balaban J connectivity index is 1.68. The molecule has 2 rings (SSSR count). The van der Waals surface area contributed by atoms with E-state index in [-0.39, 0.29) is 0 Å².